The molecule has 0 aliphatic heterocycles. The van der Waals surface area contributed by atoms with E-state index in [1.807, 2.05) is 19.9 Å². The highest BCUT2D eigenvalue weighted by molar-refractivity contribution is 5.35. The lowest BCUT2D eigenvalue weighted by atomic mass is 10.3. The molecule has 4 nitrogen and oxygen atoms in total. The van der Waals surface area contributed by atoms with Crippen molar-refractivity contribution in [2.45, 2.75) is 20.0 Å². The minimum Gasteiger partial charge on any atom is -0.473 e. The van der Waals surface area contributed by atoms with Crippen molar-refractivity contribution in [2.75, 3.05) is 0 Å². The van der Waals surface area contributed by atoms with Gasteiger partial charge in [-0.05, 0) is 19.9 Å². The molecule has 0 amide bonds. The molecule has 0 spiro atoms. The van der Waals surface area contributed by atoms with Gasteiger partial charge in [0, 0.05) is 0 Å². The summed E-state index contributed by atoms with van der Waals surface area (Å²) >= 11 is 0. The molecule has 62 valence electrons. The summed E-state index contributed by atoms with van der Waals surface area (Å²) in [6.45, 7) is 3.74. The zero-order chi connectivity index (χ0) is 8.97. The lowest BCUT2D eigenvalue weighted by Crippen LogP contribution is -2.08. The molecule has 1 heterocycles. The zero-order valence-electron chi connectivity index (χ0n) is 6.98. The standard InChI is InChI=1S/C8H9N3O/c1-6(2)12-8-7(5-9)3-4-10-11-8/h3-4,6H,1-2H3. The second-order valence-electron chi connectivity index (χ2n) is 2.53. The van der Waals surface area contributed by atoms with E-state index in [9.17, 15) is 0 Å². The van der Waals surface area contributed by atoms with E-state index < -0.39 is 0 Å². The highest BCUT2D eigenvalue weighted by Crippen LogP contribution is 2.12. The quantitative estimate of drug-likeness (QED) is 0.655. The fourth-order valence-corrected chi connectivity index (χ4v) is 0.714. The van der Waals surface area contributed by atoms with Gasteiger partial charge in [0.15, 0.2) is 0 Å². The predicted molar refractivity (Wildman–Crippen MR) is 42.5 cm³/mol. The van der Waals surface area contributed by atoms with Crippen molar-refractivity contribution in [3.63, 3.8) is 0 Å². The van der Waals surface area contributed by atoms with E-state index in [1.54, 1.807) is 6.07 Å². The van der Waals surface area contributed by atoms with Gasteiger partial charge in [0.25, 0.3) is 5.88 Å². The van der Waals surface area contributed by atoms with E-state index in [-0.39, 0.29) is 6.10 Å². The normalized spacial score (nSPS) is 9.50. The molecule has 0 aliphatic carbocycles. The predicted octanol–water partition coefficient (Wildman–Crippen LogP) is 1.14. The first-order valence-corrected chi connectivity index (χ1v) is 3.62. The van der Waals surface area contributed by atoms with Gasteiger partial charge in [0.2, 0.25) is 0 Å². The van der Waals surface area contributed by atoms with Crippen molar-refractivity contribution in [3.05, 3.63) is 17.8 Å². The third-order valence-corrected chi connectivity index (χ3v) is 1.15. The summed E-state index contributed by atoms with van der Waals surface area (Å²) in [5.41, 5.74) is 0.415. The minimum atomic E-state index is 0.00815. The summed E-state index contributed by atoms with van der Waals surface area (Å²) in [7, 11) is 0. The average Bonchev–Trinajstić information content (AvgIpc) is 2.04. The maximum atomic E-state index is 8.63. The maximum absolute atomic E-state index is 8.63. The van der Waals surface area contributed by atoms with Crippen LogP contribution in [-0.4, -0.2) is 16.3 Å². The first-order valence-electron chi connectivity index (χ1n) is 3.62. The van der Waals surface area contributed by atoms with Crippen LogP contribution in [0.5, 0.6) is 5.88 Å². The molecule has 1 rings (SSSR count). The number of nitriles is 1. The molecular weight excluding hydrogens is 154 g/mol. The number of ether oxygens (including phenoxy) is 1. The second-order valence-corrected chi connectivity index (χ2v) is 2.53. The van der Waals surface area contributed by atoms with Crippen LogP contribution >= 0.6 is 0 Å². The molecule has 0 radical (unpaired) electrons. The van der Waals surface area contributed by atoms with Crippen LogP contribution in [-0.2, 0) is 0 Å². The van der Waals surface area contributed by atoms with E-state index in [2.05, 4.69) is 10.2 Å². The lowest BCUT2D eigenvalue weighted by Gasteiger charge is -2.07. The summed E-state index contributed by atoms with van der Waals surface area (Å²) in [5, 5.41) is 15.9. The Morgan fingerprint density at radius 1 is 1.58 bits per heavy atom. The third kappa shape index (κ3) is 1.92. The van der Waals surface area contributed by atoms with Crippen LogP contribution < -0.4 is 4.74 Å². The smallest absolute Gasteiger partial charge is 0.251 e. The van der Waals surface area contributed by atoms with Gasteiger partial charge in [-0.3, -0.25) is 0 Å². The Labute approximate surface area is 70.8 Å². The molecule has 1 aromatic rings. The molecule has 0 saturated heterocycles. The molecule has 1 aromatic heterocycles. The minimum absolute atomic E-state index is 0.00815. The Morgan fingerprint density at radius 2 is 2.33 bits per heavy atom. The number of hydrogen-bond donors (Lipinski definition) is 0. The molecule has 0 aromatic carbocycles. The molecule has 4 heteroatoms. The van der Waals surface area contributed by atoms with Gasteiger partial charge in [-0.1, -0.05) is 0 Å². The van der Waals surface area contributed by atoms with Crippen LogP contribution in [0.25, 0.3) is 0 Å². The van der Waals surface area contributed by atoms with Crippen LogP contribution in [0, 0.1) is 11.3 Å². The van der Waals surface area contributed by atoms with E-state index >= 15 is 0 Å². The highest BCUT2D eigenvalue weighted by Gasteiger charge is 2.05. The average molecular weight is 163 g/mol. The first kappa shape index (κ1) is 8.47. The molecular formula is C8H9N3O. The van der Waals surface area contributed by atoms with Crippen LogP contribution in [0.1, 0.15) is 19.4 Å². The van der Waals surface area contributed by atoms with E-state index in [1.165, 1.54) is 6.20 Å². The molecule has 0 aliphatic rings. The van der Waals surface area contributed by atoms with E-state index in [4.69, 9.17) is 10.00 Å². The van der Waals surface area contributed by atoms with E-state index in [0.29, 0.717) is 11.4 Å². The molecule has 0 atom stereocenters. The van der Waals surface area contributed by atoms with Gasteiger partial charge in [-0.25, -0.2) is 0 Å². The first-order chi connectivity index (χ1) is 5.74. The van der Waals surface area contributed by atoms with Crippen LogP contribution in [0.15, 0.2) is 12.3 Å². The summed E-state index contributed by atoms with van der Waals surface area (Å²) in [6.07, 6.45) is 1.47. The van der Waals surface area contributed by atoms with Crippen LogP contribution in [0.4, 0.5) is 0 Å². The zero-order valence-corrected chi connectivity index (χ0v) is 6.98. The van der Waals surface area contributed by atoms with Crippen molar-refractivity contribution >= 4 is 0 Å². The molecule has 0 bridgehead atoms. The fraction of sp³-hybridized carbons (Fsp3) is 0.375. The summed E-state index contributed by atoms with van der Waals surface area (Å²) in [6, 6.07) is 3.55. The van der Waals surface area contributed by atoms with Crippen molar-refractivity contribution in [1.29, 1.82) is 5.26 Å². The molecule has 0 unspecified atom stereocenters. The van der Waals surface area contributed by atoms with E-state index in [0.717, 1.165) is 0 Å². The maximum Gasteiger partial charge on any atom is 0.251 e. The molecule has 0 saturated carbocycles. The third-order valence-electron chi connectivity index (χ3n) is 1.15. The second kappa shape index (κ2) is 3.67. The van der Waals surface area contributed by atoms with Crippen molar-refractivity contribution < 1.29 is 4.74 Å². The van der Waals surface area contributed by atoms with Crippen molar-refractivity contribution in [1.82, 2.24) is 10.2 Å². The lowest BCUT2D eigenvalue weighted by molar-refractivity contribution is 0.229. The van der Waals surface area contributed by atoms with Crippen molar-refractivity contribution in [2.24, 2.45) is 0 Å². The number of aromatic nitrogens is 2. The van der Waals surface area contributed by atoms with Gasteiger partial charge in [-0.2, -0.15) is 10.4 Å². The van der Waals surface area contributed by atoms with Gasteiger partial charge in [0.1, 0.15) is 11.6 Å². The fourth-order valence-electron chi connectivity index (χ4n) is 0.714. The molecule has 0 fully saturated rings. The van der Waals surface area contributed by atoms with Crippen LogP contribution in [0.3, 0.4) is 0 Å². The largest absolute Gasteiger partial charge is 0.473 e. The Balaban J connectivity index is 2.91. The van der Waals surface area contributed by atoms with Gasteiger partial charge in [0.05, 0.1) is 12.3 Å². The van der Waals surface area contributed by atoms with Gasteiger partial charge < -0.3 is 4.74 Å². The monoisotopic (exact) mass is 163 g/mol. The number of rotatable bonds is 2. The number of nitrogens with zero attached hydrogens (tertiary/aromatic N) is 3. The van der Waals surface area contributed by atoms with Gasteiger partial charge in [-0.15, -0.1) is 5.10 Å². The molecule has 0 N–H and O–H groups in total. The summed E-state index contributed by atoms with van der Waals surface area (Å²) < 4.78 is 5.24. The van der Waals surface area contributed by atoms with Gasteiger partial charge >= 0.3 is 0 Å². The molecule has 12 heavy (non-hydrogen) atoms. The summed E-state index contributed by atoms with van der Waals surface area (Å²) in [5.74, 6) is 0.301. The highest BCUT2D eigenvalue weighted by atomic mass is 16.5. The van der Waals surface area contributed by atoms with Crippen molar-refractivity contribution in [3.8, 4) is 11.9 Å². The Bertz CT molecular complexity index is 303. The Morgan fingerprint density at radius 3 is 2.92 bits per heavy atom. The van der Waals surface area contributed by atoms with Crippen LogP contribution in [0.2, 0.25) is 0 Å². The number of hydrogen-bond acceptors (Lipinski definition) is 4. The summed E-state index contributed by atoms with van der Waals surface area (Å²) in [4.78, 5) is 0. The SMILES string of the molecule is CC(C)Oc1nnccc1C#N. The Hall–Kier alpha value is -1.63. The Kier molecular flexibility index (Phi) is 2.59. The topological polar surface area (TPSA) is 58.8 Å².